The van der Waals surface area contributed by atoms with Crippen molar-refractivity contribution in [2.75, 3.05) is 26.8 Å². The molecule has 0 aliphatic rings. The maximum absolute atomic E-state index is 11.5. The normalized spacial score (nSPS) is 14.0. The van der Waals surface area contributed by atoms with Crippen LogP contribution in [0.4, 0.5) is 0 Å². The van der Waals surface area contributed by atoms with Crippen molar-refractivity contribution in [3.8, 4) is 0 Å². The Kier molecular flexibility index (Phi) is 7.49. The molecule has 94 valence electrons. The first-order valence-electron chi connectivity index (χ1n) is 5.30. The molecule has 0 rings (SSSR count). The predicted molar refractivity (Wildman–Crippen MR) is 60.7 cm³/mol. The lowest BCUT2D eigenvalue weighted by atomic mass is 10.1. The zero-order chi connectivity index (χ0) is 12.6. The van der Waals surface area contributed by atoms with Crippen LogP contribution in [0.25, 0.3) is 0 Å². The van der Waals surface area contributed by atoms with Gasteiger partial charge >= 0.3 is 0 Å². The fourth-order valence-electron chi connectivity index (χ4n) is 0.958. The molecule has 2 atom stereocenters. The number of rotatable bonds is 7. The summed E-state index contributed by atoms with van der Waals surface area (Å²) in [4.78, 5) is 22.9. The van der Waals surface area contributed by atoms with E-state index in [2.05, 4.69) is 10.6 Å². The molecule has 16 heavy (non-hydrogen) atoms. The highest BCUT2D eigenvalue weighted by Gasteiger charge is 2.18. The molecule has 0 aromatic carbocycles. The van der Waals surface area contributed by atoms with E-state index >= 15 is 0 Å². The van der Waals surface area contributed by atoms with Crippen LogP contribution in [0.1, 0.15) is 13.8 Å². The Morgan fingerprint density at radius 2 is 1.94 bits per heavy atom. The molecule has 0 saturated carbocycles. The smallest absolute Gasteiger partial charge is 0.242 e. The van der Waals surface area contributed by atoms with Gasteiger partial charge in [0.1, 0.15) is 6.04 Å². The first kappa shape index (κ1) is 14.9. The molecule has 0 radical (unpaired) electrons. The average Bonchev–Trinajstić information content (AvgIpc) is 2.27. The van der Waals surface area contributed by atoms with Crippen molar-refractivity contribution in [3.05, 3.63) is 0 Å². The summed E-state index contributed by atoms with van der Waals surface area (Å²) < 4.78 is 4.79. The number of hydrogen-bond donors (Lipinski definition) is 3. The fraction of sp³-hybridized carbons (Fsp3) is 0.800. The van der Waals surface area contributed by atoms with Crippen molar-refractivity contribution >= 4 is 11.8 Å². The highest BCUT2D eigenvalue weighted by atomic mass is 16.5. The van der Waals surface area contributed by atoms with Crippen LogP contribution in [-0.2, 0) is 14.3 Å². The molecule has 0 aliphatic carbocycles. The number of amides is 2. The van der Waals surface area contributed by atoms with Gasteiger partial charge in [0.25, 0.3) is 0 Å². The Bertz CT molecular complexity index is 233. The summed E-state index contributed by atoms with van der Waals surface area (Å²) in [6, 6.07) is -0.557. The lowest BCUT2D eigenvalue weighted by Crippen LogP contribution is -2.47. The standard InChI is InChI=1S/C10H21N3O3/c1-7(6-11)9(14)13-8(2)10(15)12-4-5-16-3/h7-8H,4-6,11H2,1-3H3,(H,12,15)(H,13,14). The maximum Gasteiger partial charge on any atom is 0.242 e. The van der Waals surface area contributed by atoms with Crippen LogP contribution in [0.15, 0.2) is 0 Å². The molecule has 0 aliphatic heterocycles. The van der Waals surface area contributed by atoms with Crippen LogP contribution in [-0.4, -0.2) is 44.7 Å². The Labute approximate surface area is 95.9 Å². The molecule has 0 fully saturated rings. The first-order chi connectivity index (χ1) is 7.52. The Morgan fingerprint density at radius 1 is 1.31 bits per heavy atom. The van der Waals surface area contributed by atoms with E-state index in [1.807, 2.05) is 0 Å². The SMILES string of the molecule is COCCNC(=O)C(C)NC(=O)C(C)CN. The van der Waals surface area contributed by atoms with Crippen LogP contribution < -0.4 is 16.4 Å². The number of nitrogens with one attached hydrogen (secondary N) is 2. The van der Waals surface area contributed by atoms with E-state index in [1.165, 1.54) is 0 Å². The second kappa shape index (κ2) is 8.06. The lowest BCUT2D eigenvalue weighted by molar-refractivity contribution is -0.130. The van der Waals surface area contributed by atoms with Gasteiger partial charge in [-0.2, -0.15) is 0 Å². The van der Waals surface area contributed by atoms with E-state index in [-0.39, 0.29) is 24.3 Å². The highest BCUT2D eigenvalue weighted by Crippen LogP contribution is 1.92. The third kappa shape index (κ3) is 5.67. The number of methoxy groups -OCH3 is 1. The third-order valence-corrected chi connectivity index (χ3v) is 2.16. The molecule has 4 N–H and O–H groups in total. The number of ether oxygens (including phenoxy) is 1. The average molecular weight is 231 g/mol. The number of hydrogen-bond acceptors (Lipinski definition) is 4. The molecule has 0 heterocycles. The third-order valence-electron chi connectivity index (χ3n) is 2.16. The van der Waals surface area contributed by atoms with Gasteiger partial charge < -0.3 is 21.1 Å². The van der Waals surface area contributed by atoms with Gasteiger partial charge in [0, 0.05) is 26.1 Å². The van der Waals surface area contributed by atoms with E-state index in [0.29, 0.717) is 13.2 Å². The van der Waals surface area contributed by atoms with Crippen LogP contribution >= 0.6 is 0 Å². The second-order valence-electron chi connectivity index (χ2n) is 3.65. The molecule has 6 nitrogen and oxygen atoms in total. The van der Waals surface area contributed by atoms with Gasteiger partial charge in [-0.1, -0.05) is 6.92 Å². The summed E-state index contributed by atoms with van der Waals surface area (Å²) in [5.41, 5.74) is 5.35. The second-order valence-corrected chi connectivity index (χ2v) is 3.65. The zero-order valence-electron chi connectivity index (χ0n) is 10.1. The predicted octanol–water partition coefficient (Wildman–Crippen LogP) is -1.15. The molecule has 0 saturated heterocycles. The van der Waals surface area contributed by atoms with Gasteiger partial charge in [-0.15, -0.1) is 0 Å². The molecule has 2 unspecified atom stereocenters. The number of nitrogens with two attached hydrogens (primary N) is 1. The summed E-state index contributed by atoms with van der Waals surface area (Å²) >= 11 is 0. The van der Waals surface area contributed by atoms with Crippen molar-refractivity contribution in [1.82, 2.24) is 10.6 Å². The monoisotopic (exact) mass is 231 g/mol. The van der Waals surface area contributed by atoms with E-state index in [0.717, 1.165) is 0 Å². The molecule has 0 spiro atoms. The molecule has 0 aromatic rings. The van der Waals surface area contributed by atoms with Gasteiger partial charge in [-0.05, 0) is 6.92 Å². The summed E-state index contributed by atoms with van der Waals surface area (Å²) in [6.07, 6.45) is 0. The molecule has 0 bridgehead atoms. The fourth-order valence-corrected chi connectivity index (χ4v) is 0.958. The van der Waals surface area contributed by atoms with Crippen LogP contribution in [0.3, 0.4) is 0 Å². The number of carbonyl (C=O) groups excluding carboxylic acids is 2. The Hall–Kier alpha value is -1.14. The van der Waals surface area contributed by atoms with Crippen LogP contribution in [0.2, 0.25) is 0 Å². The summed E-state index contributed by atoms with van der Waals surface area (Å²) in [5.74, 6) is -0.722. The van der Waals surface area contributed by atoms with Crippen LogP contribution in [0.5, 0.6) is 0 Å². The van der Waals surface area contributed by atoms with Gasteiger partial charge in [-0.3, -0.25) is 9.59 Å². The van der Waals surface area contributed by atoms with Crippen molar-refractivity contribution in [1.29, 1.82) is 0 Å². The van der Waals surface area contributed by atoms with Crippen molar-refractivity contribution in [2.24, 2.45) is 11.7 Å². The van der Waals surface area contributed by atoms with Gasteiger partial charge in [0.2, 0.25) is 11.8 Å². The molecular weight excluding hydrogens is 210 g/mol. The largest absolute Gasteiger partial charge is 0.383 e. The molecule has 0 aromatic heterocycles. The van der Waals surface area contributed by atoms with Crippen molar-refractivity contribution < 1.29 is 14.3 Å². The minimum atomic E-state index is -0.557. The minimum absolute atomic E-state index is 0.211. The van der Waals surface area contributed by atoms with E-state index in [1.54, 1.807) is 21.0 Å². The van der Waals surface area contributed by atoms with Crippen molar-refractivity contribution in [3.63, 3.8) is 0 Å². The van der Waals surface area contributed by atoms with Crippen molar-refractivity contribution in [2.45, 2.75) is 19.9 Å². The molecular formula is C10H21N3O3. The highest BCUT2D eigenvalue weighted by molar-refractivity contribution is 5.88. The van der Waals surface area contributed by atoms with Gasteiger partial charge in [0.15, 0.2) is 0 Å². The maximum atomic E-state index is 11.5. The lowest BCUT2D eigenvalue weighted by Gasteiger charge is -2.16. The van der Waals surface area contributed by atoms with Gasteiger partial charge in [0.05, 0.1) is 6.61 Å². The topological polar surface area (TPSA) is 93.5 Å². The van der Waals surface area contributed by atoms with E-state index < -0.39 is 6.04 Å². The Morgan fingerprint density at radius 3 is 2.44 bits per heavy atom. The minimum Gasteiger partial charge on any atom is -0.383 e. The summed E-state index contributed by atoms with van der Waals surface area (Å²) in [5, 5.41) is 5.22. The summed E-state index contributed by atoms with van der Waals surface area (Å²) in [6.45, 7) is 4.49. The van der Waals surface area contributed by atoms with Gasteiger partial charge in [-0.25, -0.2) is 0 Å². The molecule has 2 amide bonds. The van der Waals surface area contributed by atoms with E-state index in [4.69, 9.17) is 10.5 Å². The van der Waals surface area contributed by atoms with Crippen LogP contribution in [0, 0.1) is 5.92 Å². The quantitative estimate of drug-likeness (QED) is 0.482. The molecule has 6 heteroatoms. The first-order valence-corrected chi connectivity index (χ1v) is 5.30. The number of carbonyl (C=O) groups is 2. The van der Waals surface area contributed by atoms with E-state index in [9.17, 15) is 9.59 Å². The summed E-state index contributed by atoms with van der Waals surface area (Å²) in [7, 11) is 1.56. The Balaban J connectivity index is 3.91. The zero-order valence-corrected chi connectivity index (χ0v) is 10.1.